The molecule has 0 radical (unpaired) electrons. The summed E-state index contributed by atoms with van der Waals surface area (Å²) in [5.74, 6) is 0.845. The number of piperidine rings is 1. The lowest BCUT2D eigenvalue weighted by atomic mass is 9.93. The van der Waals surface area contributed by atoms with Crippen molar-refractivity contribution in [3.63, 3.8) is 0 Å². The SMILES string of the molecule is CC1CCN(c2ccc([C@H](C)O)cc2)C(C)C1. The Hall–Kier alpha value is -1.02. The van der Waals surface area contributed by atoms with Gasteiger partial charge in [-0.05, 0) is 50.3 Å². The molecule has 2 unspecified atom stereocenters. The maximum atomic E-state index is 9.50. The number of benzene rings is 1. The number of aliphatic hydroxyl groups excluding tert-OH is 1. The highest BCUT2D eigenvalue weighted by molar-refractivity contribution is 5.49. The molecule has 1 heterocycles. The van der Waals surface area contributed by atoms with Gasteiger partial charge in [-0.25, -0.2) is 0 Å². The normalized spacial score (nSPS) is 26.9. The first-order valence-corrected chi connectivity index (χ1v) is 6.62. The number of hydrogen-bond acceptors (Lipinski definition) is 2. The molecule has 2 nitrogen and oxygen atoms in total. The molecule has 0 aromatic heterocycles. The third kappa shape index (κ3) is 2.81. The predicted octanol–water partition coefficient (Wildman–Crippen LogP) is 3.36. The van der Waals surface area contributed by atoms with Crippen LogP contribution in [0.25, 0.3) is 0 Å². The second kappa shape index (κ2) is 5.09. The van der Waals surface area contributed by atoms with Gasteiger partial charge in [-0.1, -0.05) is 19.1 Å². The summed E-state index contributed by atoms with van der Waals surface area (Å²) in [5, 5.41) is 9.50. The van der Waals surface area contributed by atoms with Crippen molar-refractivity contribution in [2.24, 2.45) is 5.92 Å². The summed E-state index contributed by atoms with van der Waals surface area (Å²) in [5.41, 5.74) is 2.28. The Balaban J connectivity index is 2.11. The molecule has 0 saturated carbocycles. The third-order valence-electron chi connectivity index (χ3n) is 3.85. The van der Waals surface area contributed by atoms with Gasteiger partial charge in [0.15, 0.2) is 0 Å². The lowest BCUT2D eigenvalue weighted by Crippen LogP contribution is -2.40. The Morgan fingerprint density at radius 2 is 1.88 bits per heavy atom. The number of aliphatic hydroxyl groups is 1. The molecule has 1 aromatic rings. The van der Waals surface area contributed by atoms with Crippen molar-refractivity contribution in [3.05, 3.63) is 29.8 Å². The Bertz CT molecular complexity index is 358. The molecule has 1 aromatic carbocycles. The largest absolute Gasteiger partial charge is 0.389 e. The molecule has 2 rings (SSSR count). The van der Waals surface area contributed by atoms with Crippen molar-refractivity contribution in [1.29, 1.82) is 0 Å². The molecule has 2 heteroatoms. The molecule has 0 bridgehead atoms. The summed E-state index contributed by atoms with van der Waals surface area (Å²) in [6.07, 6.45) is 2.18. The molecule has 0 aliphatic carbocycles. The van der Waals surface area contributed by atoms with Crippen molar-refractivity contribution in [2.45, 2.75) is 45.8 Å². The van der Waals surface area contributed by atoms with Gasteiger partial charge in [-0.15, -0.1) is 0 Å². The number of nitrogens with zero attached hydrogens (tertiary/aromatic N) is 1. The van der Waals surface area contributed by atoms with E-state index in [0.29, 0.717) is 6.04 Å². The van der Waals surface area contributed by atoms with Gasteiger partial charge < -0.3 is 10.0 Å². The molecule has 3 atom stereocenters. The van der Waals surface area contributed by atoms with E-state index in [0.717, 1.165) is 18.0 Å². The summed E-state index contributed by atoms with van der Waals surface area (Å²) in [4.78, 5) is 2.48. The van der Waals surface area contributed by atoms with Crippen LogP contribution in [0.1, 0.15) is 45.3 Å². The van der Waals surface area contributed by atoms with E-state index >= 15 is 0 Å². The highest BCUT2D eigenvalue weighted by Gasteiger charge is 2.22. The van der Waals surface area contributed by atoms with Crippen LogP contribution >= 0.6 is 0 Å². The Morgan fingerprint density at radius 3 is 2.41 bits per heavy atom. The Morgan fingerprint density at radius 1 is 1.24 bits per heavy atom. The van der Waals surface area contributed by atoms with Crippen molar-refractivity contribution in [3.8, 4) is 0 Å². The monoisotopic (exact) mass is 233 g/mol. The molecule has 1 aliphatic heterocycles. The van der Waals surface area contributed by atoms with Crippen LogP contribution in [-0.4, -0.2) is 17.7 Å². The summed E-state index contributed by atoms with van der Waals surface area (Å²) in [7, 11) is 0. The predicted molar refractivity (Wildman–Crippen MR) is 72.3 cm³/mol. The molecule has 17 heavy (non-hydrogen) atoms. The van der Waals surface area contributed by atoms with Gasteiger partial charge in [0.05, 0.1) is 6.10 Å². The molecule has 0 amide bonds. The molecular weight excluding hydrogens is 210 g/mol. The van der Waals surface area contributed by atoms with E-state index in [9.17, 15) is 5.11 Å². The van der Waals surface area contributed by atoms with Crippen LogP contribution in [0.4, 0.5) is 5.69 Å². The summed E-state index contributed by atoms with van der Waals surface area (Å²) in [6.45, 7) is 7.60. The zero-order valence-corrected chi connectivity index (χ0v) is 11.1. The second-order valence-electron chi connectivity index (χ2n) is 5.44. The Labute approximate surface area is 104 Å². The number of anilines is 1. The zero-order valence-electron chi connectivity index (χ0n) is 11.1. The molecule has 1 saturated heterocycles. The van der Waals surface area contributed by atoms with Gasteiger partial charge in [0.25, 0.3) is 0 Å². The van der Waals surface area contributed by atoms with E-state index < -0.39 is 0 Å². The highest BCUT2D eigenvalue weighted by atomic mass is 16.3. The van der Waals surface area contributed by atoms with E-state index in [1.807, 2.05) is 12.1 Å². The topological polar surface area (TPSA) is 23.5 Å². The van der Waals surface area contributed by atoms with E-state index in [1.165, 1.54) is 18.5 Å². The fraction of sp³-hybridized carbons (Fsp3) is 0.600. The lowest BCUT2D eigenvalue weighted by Gasteiger charge is -2.38. The lowest BCUT2D eigenvalue weighted by molar-refractivity contribution is 0.199. The second-order valence-corrected chi connectivity index (χ2v) is 5.44. The van der Waals surface area contributed by atoms with Gasteiger partial charge in [0.2, 0.25) is 0 Å². The molecule has 1 fully saturated rings. The summed E-state index contributed by atoms with van der Waals surface area (Å²) < 4.78 is 0. The minimum atomic E-state index is -0.372. The smallest absolute Gasteiger partial charge is 0.0761 e. The van der Waals surface area contributed by atoms with Gasteiger partial charge in [-0.2, -0.15) is 0 Å². The fourth-order valence-electron chi connectivity index (χ4n) is 2.74. The van der Waals surface area contributed by atoms with E-state index in [4.69, 9.17) is 0 Å². The van der Waals surface area contributed by atoms with Crippen molar-refractivity contribution in [1.82, 2.24) is 0 Å². The van der Waals surface area contributed by atoms with Gasteiger partial charge in [-0.3, -0.25) is 0 Å². The van der Waals surface area contributed by atoms with E-state index in [1.54, 1.807) is 6.92 Å². The minimum Gasteiger partial charge on any atom is -0.389 e. The number of hydrogen-bond donors (Lipinski definition) is 1. The third-order valence-corrected chi connectivity index (χ3v) is 3.85. The first kappa shape index (κ1) is 12.4. The molecular formula is C15H23NO. The Kier molecular flexibility index (Phi) is 3.72. The van der Waals surface area contributed by atoms with E-state index in [-0.39, 0.29) is 6.10 Å². The van der Waals surface area contributed by atoms with Crippen LogP contribution in [0.3, 0.4) is 0 Å². The van der Waals surface area contributed by atoms with Crippen LogP contribution in [0.5, 0.6) is 0 Å². The van der Waals surface area contributed by atoms with Gasteiger partial charge in [0, 0.05) is 18.3 Å². The first-order chi connectivity index (χ1) is 8.08. The van der Waals surface area contributed by atoms with Crippen LogP contribution in [-0.2, 0) is 0 Å². The summed E-state index contributed by atoms with van der Waals surface area (Å²) >= 11 is 0. The average Bonchev–Trinajstić information content (AvgIpc) is 2.29. The van der Waals surface area contributed by atoms with Crippen LogP contribution in [0.15, 0.2) is 24.3 Å². The van der Waals surface area contributed by atoms with Crippen molar-refractivity contribution >= 4 is 5.69 Å². The van der Waals surface area contributed by atoms with E-state index in [2.05, 4.69) is 30.9 Å². The van der Waals surface area contributed by atoms with Crippen LogP contribution < -0.4 is 4.90 Å². The fourth-order valence-corrected chi connectivity index (χ4v) is 2.74. The van der Waals surface area contributed by atoms with Gasteiger partial charge >= 0.3 is 0 Å². The summed E-state index contributed by atoms with van der Waals surface area (Å²) in [6, 6.07) is 8.95. The van der Waals surface area contributed by atoms with Crippen LogP contribution in [0, 0.1) is 5.92 Å². The highest BCUT2D eigenvalue weighted by Crippen LogP contribution is 2.28. The van der Waals surface area contributed by atoms with Crippen LogP contribution in [0.2, 0.25) is 0 Å². The maximum absolute atomic E-state index is 9.50. The van der Waals surface area contributed by atoms with Crippen molar-refractivity contribution in [2.75, 3.05) is 11.4 Å². The van der Waals surface area contributed by atoms with Crippen molar-refractivity contribution < 1.29 is 5.11 Å². The first-order valence-electron chi connectivity index (χ1n) is 6.62. The molecule has 1 N–H and O–H groups in total. The zero-order chi connectivity index (χ0) is 12.4. The minimum absolute atomic E-state index is 0.372. The standard InChI is InChI=1S/C15H23NO/c1-11-8-9-16(12(2)10-11)15-6-4-14(5-7-15)13(3)17/h4-7,11-13,17H,8-10H2,1-3H3/t11?,12?,13-/m0/s1. The molecule has 94 valence electrons. The molecule has 1 aliphatic rings. The average molecular weight is 233 g/mol. The quantitative estimate of drug-likeness (QED) is 0.846. The number of rotatable bonds is 2. The molecule has 0 spiro atoms. The maximum Gasteiger partial charge on any atom is 0.0761 e. The van der Waals surface area contributed by atoms with Gasteiger partial charge in [0.1, 0.15) is 0 Å².